The average Bonchev–Trinajstić information content (AvgIpc) is 3.41. The molecule has 0 aliphatic heterocycles. The van der Waals surface area contributed by atoms with Crippen LogP contribution in [0.4, 0.5) is 20.2 Å². The van der Waals surface area contributed by atoms with Gasteiger partial charge in [0, 0.05) is 17.2 Å². The molecule has 1 aliphatic carbocycles. The van der Waals surface area contributed by atoms with Gasteiger partial charge in [-0.05, 0) is 37.1 Å². The second kappa shape index (κ2) is 7.52. The molecule has 1 saturated carbocycles. The van der Waals surface area contributed by atoms with Crippen molar-refractivity contribution in [2.24, 2.45) is 11.8 Å². The van der Waals surface area contributed by atoms with Gasteiger partial charge in [0.25, 0.3) is 0 Å². The third-order valence-corrected chi connectivity index (χ3v) is 4.80. The van der Waals surface area contributed by atoms with Crippen LogP contribution in [0.2, 0.25) is 5.02 Å². The van der Waals surface area contributed by atoms with Crippen LogP contribution in [-0.2, 0) is 9.59 Å². The van der Waals surface area contributed by atoms with Crippen LogP contribution in [0.3, 0.4) is 0 Å². The quantitative estimate of drug-likeness (QED) is 0.800. The molecule has 0 spiro atoms. The van der Waals surface area contributed by atoms with E-state index < -0.39 is 29.4 Å². The number of nitrogens with one attached hydrogen (secondary N) is 2. The molecule has 2 amide bonds. The predicted octanol–water partition coefficient (Wildman–Crippen LogP) is 4.15. The molecular formula is C19H17ClF2N2O3. The molecule has 1 fully saturated rings. The van der Waals surface area contributed by atoms with Gasteiger partial charge in [0.1, 0.15) is 17.4 Å². The highest BCUT2D eigenvalue weighted by atomic mass is 35.5. The van der Waals surface area contributed by atoms with E-state index in [4.69, 9.17) is 16.3 Å². The first-order valence-electron chi connectivity index (χ1n) is 8.21. The van der Waals surface area contributed by atoms with E-state index in [9.17, 15) is 18.4 Å². The molecule has 2 atom stereocenters. The Labute approximate surface area is 159 Å². The first-order chi connectivity index (χ1) is 12.8. The molecule has 2 unspecified atom stereocenters. The summed E-state index contributed by atoms with van der Waals surface area (Å²) in [5, 5.41) is 5.63. The molecule has 5 nitrogen and oxygen atoms in total. The molecule has 1 aliphatic rings. The van der Waals surface area contributed by atoms with Gasteiger partial charge in [0.15, 0.2) is 0 Å². The summed E-state index contributed by atoms with van der Waals surface area (Å²) >= 11 is 6.04. The molecule has 2 N–H and O–H groups in total. The normalized spacial score (nSPS) is 18.0. The second-order valence-electron chi connectivity index (χ2n) is 6.35. The van der Waals surface area contributed by atoms with E-state index in [2.05, 4.69) is 10.6 Å². The van der Waals surface area contributed by atoms with Gasteiger partial charge in [-0.3, -0.25) is 9.59 Å². The lowest BCUT2D eigenvalue weighted by Gasteiger charge is -2.12. The fourth-order valence-electron chi connectivity index (χ4n) is 2.75. The number of ether oxygens (including phenoxy) is 1. The Balaban J connectivity index is 1.63. The summed E-state index contributed by atoms with van der Waals surface area (Å²) in [4.78, 5) is 24.6. The zero-order valence-electron chi connectivity index (χ0n) is 14.6. The number of amides is 2. The zero-order valence-corrected chi connectivity index (χ0v) is 15.4. The number of rotatable bonds is 5. The maximum atomic E-state index is 13.6. The maximum Gasteiger partial charge on any atom is 0.228 e. The van der Waals surface area contributed by atoms with Crippen molar-refractivity contribution in [3.63, 3.8) is 0 Å². The fourth-order valence-corrected chi connectivity index (χ4v) is 2.90. The number of hydrogen-bond donors (Lipinski definition) is 2. The third-order valence-electron chi connectivity index (χ3n) is 4.39. The Kier molecular flexibility index (Phi) is 5.32. The minimum absolute atomic E-state index is 0.123. The Morgan fingerprint density at radius 1 is 1.07 bits per heavy atom. The van der Waals surface area contributed by atoms with Crippen molar-refractivity contribution in [1.82, 2.24) is 0 Å². The first kappa shape index (κ1) is 19.1. The highest BCUT2D eigenvalue weighted by Crippen LogP contribution is 2.41. The second-order valence-corrected chi connectivity index (χ2v) is 6.76. The fraction of sp³-hybridized carbons (Fsp3) is 0.263. The van der Waals surface area contributed by atoms with Crippen LogP contribution in [0.15, 0.2) is 30.3 Å². The molecule has 2 aromatic carbocycles. The van der Waals surface area contributed by atoms with Gasteiger partial charge >= 0.3 is 0 Å². The van der Waals surface area contributed by atoms with Crippen LogP contribution in [-0.4, -0.2) is 18.9 Å². The van der Waals surface area contributed by atoms with Crippen molar-refractivity contribution in [3.8, 4) is 5.75 Å². The lowest BCUT2D eigenvalue weighted by molar-refractivity contribution is -0.122. The van der Waals surface area contributed by atoms with Crippen LogP contribution in [0.5, 0.6) is 5.75 Å². The number of hydrogen-bond acceptors (Lipinski definition) is 3. The Hall–Kier alpha value is -2.67. The number of benzene rings is 2. The standard InChI is InChI=1S/C19H17ClF2N2O3/c1-9-5-16(17(27-2)8-13(9)20)24-19(26)12-7-11(12)18(25)23-15-4-3-10(21)6-14(15)22/h3-6,8,11-12H,7H2,1-2H3,(H,23,25)(H,24,26). The SMILES string of the molecule is COc1cc(Cl)c(C)cc1NC(=O)C1CC1C(=O)Nc1ccc(F)cc1F. The van der Waals surface area contributed by atoms with Crippen molar-refractivity contribution < 1.29 is 23.1 Å². The zero-order chi connectivity index (χ0) is 19.7. The molecule has 27 heavy (non-hydrogen) atoms. The van der Waals surface area contributed by atoms with E-state index >= 15 is 0 Å². The van der Waals surface area contributed by atoms with E-state index in [1.54, 1.807) is 19.1 Å². The van der Waals surface area contributed by atoms with Gasteiger partial charge in [0.2, 0.25) is 11.8 Å². The number of aryl methyl sites for hydroxylation is 1. The minimum Gasteiger partial charge on any atom is -0.495 e. The molecule has 3 rings (SSSR count). The Bertz CT molecular complexity index is 920. The number of methoxy groups -OCH3 is 1. The molecule has 142 valence electrons. The minimum atomic E-state index is -0.869. The summed E-state index contributed by atoms with van der Waals surface area (Å²) in [6.07, 6.45) is 0.343. The Morgan fingerprint density at radius 3 is 2.30 bits per heavy atom. The van der Waals surface area contributed by atoms with Crippen LogP contribution >= 0.6 is 11.6 Å². The van der Waals surface area contributed by atoms with E-state index in [0.29, 0.717) is 28.9 Å². The topological polar surface area (TPSA) is 67.4 Å². The van der Waals surface area contributed by atoms with Crippen LogP contribution < -0.4 is 15.4 Å². The van der Waals surface area contributed by atoms with Crippen LogP contribution in [0.25, 0.3) is 0 Å². The summed E-state index contributed by atoms with van der Waals surface area (Å²) < 4.78 is 31.8. The number of carbonyl (C=O) groups excluding carboxylic acids is 2. The molecule has 0 radical (unpaired) electrons. The number of anilines is 2. The van der Waals surface area contributed by atoms with E-state index in [1.165, 1.54) is 7.11 Å². The van der Waals surface area contributed by atoms with Gasteiger partial charge in [-0.25, -0.2) is 8.78 Å². The van der Waals surface area contributed by atoms with Crippen molar-refractivity contribution in [1.29, 1.82) is 0 Å². The average molecular weight is 395 g/mol. The summed E-state index contributed by atoms with van der Waals surface area (Å²) in [5.41, 5.74) is 1.10. The van der Waals surface area contributed by atoms with Gasteiger partial charge in [-0.15, -0.1) is 0 Å². The number of halogens is 3. The smallest absolute Gasteiger partial charge is 0.228 e. The van der Waals surface area contributed by atoms with Crippen LogP contribution in [0, 0.1) is 30.4 Å². The highest BCUT2D eigenvalue weighted by molar-refractivity contribution is 6.31. The number of carbonyl (C=O) groups is 2. The van der Waals surface area contributed by atoms with E-state index in [0.717, 1.165) is 17.7 Å². The van der Waals surface area contributed by atoms with Gasteiger partial charge in [-0.2, -0.15) is 0 Å². The summed E-state index contributed by atoms with van der Waals surface area (Å²) in [5.74, 6) is -3.13. The third kappa shape index (κ3) is 4.19. The summed E-state index contributed by atoms with van der Waals surface area (Å²) in [6.45, 7) is 1.79. The Morgan fingerprint density at radius 2 is 1.70 bits per heavy atom. The van der Waals surface area contributed by atoms with E-state index in [1.807, 2.05) is 0 Å². The molecule has 0 saturated heterocycles. The molecule has 8 heteroatoms. The molecule has 2 aromatic rings. The van der Waals surface area contributed by atoms with E-state index in [-0.39, 0.29) is 11.6 Å². The highest BCUT2D eigenvalue weighted by Gasteiger charge is 2.48. The predicted molar refractivity (Wildman–Crippen MR) is 98.0 cm³/mol. The molecule has 0 bridgehead atoms. The largest absolute Gasteiger partial charge is 0.495 e. The van der Waals surface area contributed by atoms with Crippen LogP contribution in [0.1, 0.15) is 12.0 Å². The first-order valence-corrected chi connectivity index (χ1v) is 8.59. The summed E-state index contributed by atoms with van der Waals surface area (Å²) in [7, 11) is 1.46. The van der Waals surface area contributed by atoms with Crippen molar-refractivity contribution in [2.45, 2.75) is 13.3 Å². The lowest BCUT2D eigenvalue weighted by atomic mass is 10.2. The lowest BCUT2D eigenvalue weighted by Crippen LogP contribution is -2.21. The van der Waals surface area contributed by atoms with Gasteiger partial charge in [-0.1, -0.05) is 11.6 Å². The van der Waals surface area contributed by atoms with Crippen molar-refractivity contribution >= 4 is 34.8 Å². The molecular weight excluding hydrogens is 378 g/mol. The molecule has 0 aromatic heterocycles. The van der Waals surface area contributed by atoms with Crippen molar-refractivity contribution in [3.05, 3.63) is 52.6 Å². The van der Waals surface area contributed by atoms with Gasteiger partial charge < -0.3 is 15.4 Å². The van der Waals surface area contributed by atoms with Gasteiger partial charge in [0.05, 0.1) is 30.3 Å². The van der Waals surface area contributed by atoms with Crippen molar-refractivity contribution in [2.75, 3.05) is 17.7 Å². The monoisotopic (exact) mass is 394 g/mol. The maximum absolute atomic E-state index is 13.6. The summed E-state index contributed by atoms with van der Waals surface area (Å²) in [6, 6.07) is 6.15. The molecule has 0 heterocycles.